The van der Waals surface area contributed by atoms with Crippen LogP contribution in [0.3, 0.4) is 0 Å². The third-order valence-corrected chi connectivity index (χ3v) is 3.30. The summed E-state index contributed by atoms with van der Waals surface area (Å²) in [6.45, 7) is 5.01. The van der Waals surface area contributed by atoms with Crippen LogP contribution >= 0.6 is 0 Å². The number of nitrogens with two attached hydrogens (primary N) is 1. The second-order valence-electron chi connectivity index (χ2n) is 5.15. The Hall–Kier alpha value is -1.05. The minimum Gasteiger partial charge on any atom is -0.399 e. The van der Waals surface area contributed by atoms with Gasteiger partial charge in [-0.2, -0.15) is 13.2 Å². The Labute approximate surface area is 111 Å². The van der Waals surface area contributed by atoms with Gasteiger partial charge < -0.3 is 14.9 Å². The first-order chi connectivity index (χ1) is 8.52. The summed E-state index contributed by atoms with van der Waals surface area (Å²) in [5, 5.41) is 0. The van der Waals surface area contributed by atoms with Crippen LogP contribution in [0, 0.1) is 0 Å². The molecule has 1 unspecified atom stereocenters. The molecule has 19 heavy (non-hydrogen) atoms. The van der Waals surface area contributed by atoms with E-state index in [1.165, 1.54) is 24.3 Å². The molecule has 1 aromatic carbocycles. The van der Waals surface area contributed by atoms with Gasteiger partial charge in [-0.25, -0.2) is 0 Å². The molecule has 0 aliphatic rings. The number of anilines is 1. The summed E-state index contributed by atoms with van der Waals surface area (Å²) in [5.74, 6) is -2.74. The molecule has 0 amide bonds. The lowest BCUT2D eigenvalue weighted by molar-refractivity contribution is -0.358. The van der Waals surface area contributed by atoms with Crippen molar-refractivity contribution < 1.29 is 22.3 Å². The second kappa shape index (κ2) is 5.14. The molecule has 0 aliphatic carbocycles. The Bertz CT molecular complexity index is 428. The highest BCUT2D eigenvalue weighted by Gasteiger charge is 2.60. The Morgan fingerprint density at radius 1 is 1.05 bits per heavy atom. The molecule has 0 bridgehead atoms. The summed E-state index contributed by atoms with van der Waals surface area (Å²) < 4.78 is 50.4. The Morgan fingerprint density at radius 3 is 1.84 bits per heavy atom. The zero-order chi connectivity index (χ0) is 14.9. The summed E-state index contributed by atoms with van der Waals surface area (Å²) in [7, 11) is -1.51. The highest BCUT2D eigenvalue weighted by Crippen LogP contribution is 2.44. The number of alkyl halides is 3. The summed E-state index contributed by atoms with van der Waals surface area (Å²) in [4.78, 5) is 0. The van der Waals surface area contributed by atoms with Gasteiger partial charge in [0.15, 0.2) is 8.32 Å². The molecule has 0 saturated carbocycles. The van der Waals surface area contributed by atoms with E-state index in [2.05, 4.69) is 0 Å². The lowest BCUT2D eigenvalue weighted by Gasteiger charge is -2.39. The van der Waals surface area contributed by atoms with Crippen molar-refractivity contribution in [2.75, 3.05) is 12.8 Å². The van der Waals surface area contributed by atoms with Gasteiger partial charge in [-0.15, -0.1) is 0 Å². The van der Waals surface area contributed by atoms with Crippen LogP contribution in [0.5, 0.6) is 0 Å². The van der Waals surface area contributed by atoms with Gasteiger partial charge in [0.25, 0.3) is 5.79 Å². The van der Waals surface area contributed by atoms with Crippen molar-refractivity contribution in [2.24, 2.45) is 0 Å². The highest BCUT2D eigenvalue weighted by atomic mass is 28.4. The summed E-state index contributed by atoms with van der Waals surface area (Å²) in [5.41, 5.74) is 5.76. The first-order valence-electron chi connectivity index (χ1n) is 5.70. The van der Waals surface area contributed by atoms with Crippen molar-refractivity contribution in [2.45, 2.75) is 31.6 Å². The van der Waals surface area contributed by atoms with Gasteiger partial charge in [0.05, 0.1) is 0 Å². The molecule has 0 saturated heterocycles. The average molecular weight is 293 g/mol. The molecule has 3 nitrogen and oxygen atoms in total. The molecule has 0 radical (unpaired) electrons. The molecular weight excluding hydrogens is 275 g/mol. The predicted molar refractivity (Wildman–Crippen MR) is 70.0 cm³/mol. The fourth-order valence-corrected chi connectivity index (χ4v) is 2.87. The van der Waals surface area contributed by atoms with E-state index in [1.807, 2.05) is 0 Å². The van der Waals surface area contributed by atoms with Gasteiger partial charge in [0.1, 0.15) is 0 Å². The van der Waals surface area contributed by atoms with E-state index in [0.29, 0.717) is 5.69 Å². The van der Waals surface area contributed by atoms with Crippen LogP contribution in [0.4, 0.5) is 18.9 Å². The van der Waals surface area contributed by atoms with Crippen LogP contribution in [-0.4, -0.2) is 21.6 Å². The summed E-state index contributed by atoms with van der Waals surface area (Å²) in [6, 6.07) is 5.32. The van der Waals surface area contributed by atoms with Crippen molar-refractivity contribution in [3.05, 3.63) is 29.8 Å². The minimum absolute atomic E-state index is 0.112. The molecule has 1 rings (SSSR count). The largest absolute Gasteiger partial charge is 0.447 e. The number of hydrogen-bond donors (Lipinski definition) is 1. The molecule has 0 aromatic heterocycles. The van der Waals surface area contributed by atoms with Crippen molar-refractivity contribution in [3.63, 3.8) is 0 Å². The van der Waals surface area contributed by atoms with Crippen LogP contribution in [0.25, 0.3) is 0 Å². The van der Waals surface area contributed by atoms with E-state index >= 15 is 0 Å². The number of nitrogen functional groups attached to an aromatic ring is 1. The van der Waals surface area contributed by atoms with E-state index in [4.69, 9.17) is 14.9 Å². The Balaban J connectivity index is 3.36. The van der Waals surface area contributed by atoms with Crippen molar-refractivity contribution in [1.29, 1.82) is 0 Å². The maximum atomic E-state index is 13.4. The normalized spacial score (nSPS) is 16.2. The maximum absolute atomic E-state index is 13.4. The van der Waals surface area contributed by atoms with Gasteiger partial charge in [0, 0.05) is 18.4 Å². The van der Waals surface area contributed by atoms with E-state index < -0.39 is 20.3 Å². The number of rotatable bonds is 4. The minimum atomic E-state index is -4.68. The number of benzene rings is 1. The third-order valence-electron chi connectivity index (χ3n) is 2.40. The van der Waals surface area contributed by atoms with E-state index in [0.717, 1.165) is 7.11 Å². The standard InChI is InChI=1S/C12H18F3NO2Si/c1-17-11(12(13,14)15,18-19(2,3)4)9-5-7-10(16)8-6-9/h5-8H,16H2,1-4H3. The van der Waals surface area contributed by atoms with Crippen LogP contribution in [0.1, 0.15) is 5.56 Å². The number of ether oxygens (including phenoxy) is 1. The molecular formula is C12H18F3NO2Si. The fourth-order valence-electron chi connectivity index (χ4n) is 1.69. The Morgan fingerprint density at radius 2 is 1.53 bits per heavy atom. The fraction of sp³-hybridized carbons (Fsp3) is 0.500. The number of halogens is 3. The van der Waals surface area contributed by atoms with Gasteiger partial charge in [-0.1, -0.05) is 12.1 Å². The predicted octanol–water partition coefficient (Wildman–Crippen LogP) is 3.48. The molecule has 0 heterocycles. The molecule has 108 valence electrons. The SMILES string of the molecule is COC(O[Si](C)(C)C)(c1ccc(N)cc1)C(F)(F)F. The van der Waals surface area contributed by atoms with Crippen molar-refractivity contribution >= 4 is 14.0 Å². The molecule has 0 fully saturated rings. The smallest absolute Gasteiger partial charge is 0.399 e. The van der Waals surface area contributed by atoms with Crippen molar-refractivity contribution in [3.8, 4) is 0 Å². The molecule has 2 N–H and O–H groups in total. The maximum Gasteiger partial charge on any atom is 0.447 e. The van der Waals surface area contributed by atoms with Gasteiger partial charge >= 0.3 is 6.18 Å². The van der Waals surface area contributed by atoms with E-state index in [-0.39, 0.29) is 5.56 Å². The quantitative estimate of drug-likeness (QED) is 0.525. The van der Waals surface area contributed by atoms with Gasteiger partial charge in [-0.05, 0) is 31.8 Å². The zero-order valence-corrected chi connectivity index (χ0v) is 12.3. The third kappa shape index (κ3) is 3.49. The summed E-state index contributed by atoms with van der Waals surface area (Å²) in [6.07, 6.45) is -4.68. The lowest BCUT2D eigenvalue weighted by Crippen LogP contribution is -2.52. The Kier molecular flexibility index (Phi) is 4.33. The van der Waals surface area contributed by atoms with Crippen LogP contribution < -0.4 is 5.73 Å². The average Bonchev–Trinajstić information content (AvgIpc) is 2.24. The first-order valence-corrected chi connectivity index (χ1v) is 9.11. The monoisotopic (exact) mass is 293 g/mol. The number of methoxy groups -OCH3 is 1. The van der Waals surface area contributed by atoms with Crippen LogP contribution in [0.15, 0.2) is 24.3 Å². The van der Waals surface area contributed by atoms with Crippen LogP contribution in [-0.2, 0) is 14.9 Å². The topological polar surface area (TPSA) is 44.5 Å². The first kappa shape index (κ1) is 16.0. The molecule has 0 spiro atoms. The van der Waals surface area contributed by atoms with Crippen molar-refractivity contribution in [1.82, 2.24) is 0 Å². The number of hydrogen-bond acceptors (Lipinski definition) is 3. The highest BCUT2D eigenvalue weighted by molar-refractivity contribution is 6.69. The van der Waals surface area contributed by atoms with Gasteiger partial charge in [0.2, 0.25) is 0 Å². The van der Waals surface area contributed by atoms with E-state index in [9.17, 15) is 13.2 Å². The van der Waals surface area contributed by atoms with Gasteiger partial charge in [-0.3, -0.25) is 0 Å². The zero-order valence-electron chi connectivity index (χ0n) is 11.3. The van der Waals surface area contributed by atoms with Crippen LogP contribution in [0.2, 0.25) is 19.6 Å². The molecule has 7 heteroatoms. The molecule has 1 aromatic rings. The molecule has 1 atom stereocenters. The summed E-state index contributed by atoms with van der Waals surface area (Å²) >= 11 is 0. The second-order valence-corrected chi connectivity index (χ2v) is 9.58. The van der Waals surface area contributed by atoms with E-state index in [1.54, 1.807) is 19.6 Å². The molecule has 0 aliphatic heterocycles. The lowest BCUT2D eigenvalue weighted by atomic mass is 10.1.